The molecule has 2 N–H and O–H groups in total. The fourth-order valence-electron chi connectivity index (χ4n) is 1.61. The third-order valence-electron chi connectivity index (χ3n) is 2.54. The van der Waals surface area contributed by atoms with Crippen molar-refractivity contribution in [2.24, 2.45) is 7.05 Å². The lowest BCUT2D eigenvalue weighted by Crippen LogP contribution is -2.29. The van der Waals surface area contributed by atoms with E-state index in [1.807, 2.05) is 0 Å². The summed E-state index contributed by atoms with van der Waals surface area (Å²) in [5, 5.41) is 22.4. The zero-order chi connectivity index (χ0) is 11.9. The van der Waals surface area contributed by atoms with Crippen LogP contribution in [0.15, 0.2) is 17.3 Å². The highest BCUT2D eigenvalue weighted by atomic mass is 32.2. The highest BCUT2D eigenvalue weighted by molar-refractivity contribution is 7.89. The predicted octanol–water partition coefficient (Wildman–Crippen LogP) is -1.85. The number of rotatable bonds is 2. The van der Waals surface area contributed by atoms with E-state index in [0.717, 1.165) is 4.31 Å². The van der Waals surface area contributed by atoms with E-state index in [1.54, 1.807) is 7.05 Å². The van der Waals surface area contributed by atoms with Gasteiger partial charge in [0.2, 0.25) is 10.0 Å². The maximum atomic E-state index is 12.0. The van der Waals surface area contributed by atoms with Crippen LogP contribution in [0.2, 0.25) is 0 Å². The average Bonchev–Trinajstić information content (AvgIpc) is 2.75. The van der Waals surface area contributed by atoms with Gasteiger partial charge in [0.25, 0.3) is 0 Å². The monoisotopic (exact) mass is 247 g/mol. The predicted molar refractivity (Wildman–Crippen MR) is 54.0 cm³/mol. The number of sulfonamides is 1. The Morgan fingerprint density at radius 1 is 1.38 bits per heavy atom. The Labute approximate surface area is 93.0 Å². The van der Waals surface area contributed by atoms with Gasteiger partial charge < -0.3 is 10.2 Å². The van der Waals surface area contributed by atoms with Crippen molar-refractivity contribution in [3.63, 3.8) is 0 Å². The highest BCUT2D eigenvalue weighted by Crippen LogP contribution is 2.20. The van der Waals surface area contributed by atoms with Gasteiger partial charge in [0.15, 0.2) is 0 Å². The first-order valence-electron chi connectivity index (χ1n) is 4.76. The number of aliphatic hydroxyl groups is 2. The molecule has 0 aliphatic carbocycles. The molecule has 1 aromatic rings. The molecule has 0 spiro atoms. The zero-order valence-corrected chi connectivity index (χ0v) is 9.50. The molecule has 0 bridgehead atoms. The number of β-amino-alcohol motifs (C(OH)–C–C–N with tert-alkyl or cyclic N) is 2. The molecule has 1 saturated heterocycles. The van der Waals surface area contributed by atoms with E-state index in [4.69, 9.17) is 0 Å². The van der Waals surface area contributed by atoms with Gasteiger partial charge in [-0.05, 0) is 0 Å². The standard InChI is InChI=1S/C8H13N3O4S/c1-10-3-6(2-9-10)16(14,15)11-4-7(12)8(13)5-11/h2-3,7-8,12-13H,4-5H2,1H3/t7-,8+. The van der Waals surface area contributed by atoms with Crippen LogP contribution in [0.25, 0.3) is 0 Å². The summed E-state index contributed by atoms with van der Waals surface area (Å²) < 4.78 is 26.4. The number of aryl methyl sites for hydroxylation is 1. The van der Waals surface area contributed by atoms with Crippen LogP contribution in [0, 0.1) is 0 Å². The molecule has 1 aliphatic rings. The first-order valence-corrected chi connectivity index (χ1v) is 6.20. The van der Waals surface area contributed by atoms with E-state index in [-0.39, 0.29) is 18.0 Å². The van der Waals surface area contributed by atoms with E-state index in [1.165, 1.54) is 17.1 Å². The Hall–Kier alpha value is -0.960. The molecule has 90 valence electrons. The fraction of sp³-hybridized carbons (Fsp3) is 0.625. The van der Waals surface area contributed by atoms with Crippen molar-refractivity contribution in [2.45, 2.75) is 17.1 Å². The molecule has 0 unspecified atom stereocenters. The maximum absolute atomic E-state index is 12.0. The minimum Gasteiger partial charge on any atom is -0.389 e. The van der Waals surface area contributed by atoms with E-state index >= 15 is 0 Å². The first kappa shape index (κ1) is 11.5. The third kappa shape index (κ3) is 1.84. The number of aromatic nitrogens is 2. The molecule has 0 amide bonds. The van der Waals surface area contributed by atoms with Crippen molar-refractivity contribution in [3.8, 4) is 0 Å². The van der Waals surface area contributed by atoms with Gasteiger partial charge in [-0.25, -0.2) is 8.42 Å². The molecule has 2 heterocycles. The quantitative estimate of drug-likeness (QED) is 0.639. The van der Waals surface area contributed by atoms with E-state index in [9.17, 15) is 18.6 Å². The molecule has 7 nitrogen and oxygen atoms in total. The molecule has 1 fully saturated rings. The van der Waals surface area contributed by atoms with Gasteiger partial charge in [-0.1, -0.05) is 0 Å². The summed E-state index contributed by atoms with van der Waals surface area (Å²) in [6.45, 7) is -0.170. The zero-order valence-electron chi connectivity index (χ0n) is 8.68. The topological polar surface area (TPSA) is 95.7 Å². The van der Waals surface area contributed by atoms with Crippen molar-refractivity contribution in [1.82, 2.24) is 14.1 Å². The van der Waals surface area contributed by atoms with Crippen LogP contribution in [0.3, 0.4) is 0 Å². The highest BCUT2D eigenvalue weighted by Gasteiger charge is 2.37. The Kier molecular flexibility index (Phi) is 2.74. The number of hydrogen-bond donors (Lipinski definition) is 2. The van der Waals surface area contributed by atoms with Gasteiger partial charge in [-0.15, -0.1) is 0 Å². The summed E-state index contributed by atoms with van der Waals surface area (Å²) in [4.78, 5) is 0.0660. The van der Waals surface area contributed by atoms with Crippen LogP contribution in [0.4, 0.5) is 0 Å². The van der Waals surface area contributed by atoms with Gasteiger partial charge in [-0.2, -0.15) is 9.40 Å². The van der Waals surface area contributed by atoms with E-state index < -0.39 is 22.2 Å². The molecule has 0 aromatic carbocycles. The lowest BCUT2D eigenvalue weighted by molar-refractivity contribution is 0.0572. The summed E-state index contributed by atoms with van der Waals surface area (Å²) in [5.41, 5.74) is 0. The van der Waals surface area contributed by atoms with Crippen LogP contribution in [0.5, 0.6) is 0 Å². The van der Waals surface area contributed by atoms with Crippen molar-refractivity contribution < 1.29 is 18.6 Å². The van der Waals surface area contributed by atoms with Crippen molar-refractivity contribution in [3.05, 3.63) is 12.4 Å². The van der Waals surface area contributed by atoms with E-state index in [0.29, 0.717) is 0 Å². The number of hydrogen-bond acceptors (Lipinski definition) is 5. The maximum Gasteiger partial charge on any atom is 0.246 e. The smallest absolute Gasteiger partial charge is 0.246 e. The van der Waals surface area contributed by atoms with Crippen LogP contribution < -0.4 is 0 Å². The molecule has 0 saturated carbocycles. The van der Waals surface area contributed by atoms with Crippen molar-refractivity contribution in [2.75, 3.05) is 13.1 Å². The molecule has 2 rings (SSSR count). The minimum atomic E-state index is -3.65. The largest absolute Gasteiger partial charge is 0.389 e. The van der Waals surface area contributed by atoms with Crippen LogP contribution in [-0.4, -0.2) is 58.0 Å². The summed E-state index contributed by atoms with van der Waals surface area (Å²) in [6, 6.07) is 0. The average molecular weight is 247 g/mol. The van der Waals surface area contributed by atoms with Crippen LogP contribution in [0.1, 0.15) is 0 Å². The molecular weight excluding hydrogens is 234 g/mol. The molecule has 8 heteroatoms. The summed E-state index contributed by atoms with van der Waals surface area (Å²) in [7, 11) is -2.04. The Bertz CT molecular complexity index is 473. The second kappa shape index (κ2) is 3.81. The Balaban J connectivity index is 2.27. The molecule has 1 aromatic heterocycles. The van der Waals surface area contributed by atoms with Gasteiger partial charge >= 0.3 is 0 Å². The second-order valence-corrected chi connectivity index (χ2v) is 5.74. The van der Waals surface area contributed by atoms with Crippen LogP contribution >= 0.6 is 0 Å². The molecule has 2 atom stereocenters. The molecule has 16 heavy (non-hydrogen) atoms. The fourth-order valence-corrected chi connectivity index (χ4v) is 3.07. The van der Waals surface area contributed by atoms with Crippen molar-refractivity contribution in [1.29, 1.82) is 0 Å². The first-order chi connectivity index (χ1) is 7.41. The van der Waals surface area contributed by atoms with Crippen LogP contribution in [-0.2, 0) is 17.1 Å². The third-order valence-corrected chi connectivity index (χ3v) is 4.33. The summed E-state index contributed by atoms with van der Waals surface area (Å²) >= 11 is 0. The minimum absolute atomic E-state index is 0.0660. The Morgan fingerprint density at radius 3 is 2.38 bits per heavy atom. The van der Waals surface area contributed by atoms with Gasteiger partial charge in [-0.3, -0.25) is 4.68 Å². The normalized spacial score (nSPS) is 27.4. The number of aliphatic hydroxyl groups excluding tert-OH is 2. The van der Waals surface area contributed by atoms with Gasteiger partial charge in [0.1, 0.15) is 4.90 Å². The Morgan fingerprint density at radius 2 is 1.94 bits per heavy atom. The molecular formula is C8H13N3O4S. The summed E-state index contributed by atoms with van der Waals surface area (Å²) in [5.74, 6) is 0. The SMILES string of the molecule is Cn1cc(S(=O)(=O)N2C[C@@H](O)[C@@H](O)C2)cn1. The van der Waals surface area contributed by atoms with Gasteiger partial charge in [0, 0.05) is 26.3 Å². The lowest BCUT2D eigenvalue weighted by atomic mass is 10.3. The number of nitrogens with zero attached hydrogens (tertiary/aromatic N) is 3. The summed E-state index contributed by atoms with van der Waals surface area (Å²) in [6.07, 6.45) is 0.580. The van der Waals surface area contributed by atoms with E-state index in [2.05, 4.69) is 5.10 Å². The molecule has 1 aliphatic heterocycles. The van der Waals surface area contributed by atoms with Gasteiger partial charge in [0.05, 0.1) is 18.4 Å². The lowest BCUT2D eigenvalue weighted by Gasteiger charge is -2.13. The van der Waals surface area contributed by atoms with Crippen molar-refractivity contribution >= 4 is 10.0 Å². The molecule has 0 radical (unpaired) electrons. The second-order valence-electron chi connectivity index (χ2n) is 3.81.